The molecule has 0 saturated heterocycles. The van der Waals surface area contributed by atoms with Gasteiger partial charge in [0.1, 0.15) is 0 Å². The number of rotatable bonds is 5. The summed E-state index contributed by atoms with van der Waals surface area (Å²) in [7, 11) is 0. The minimum atomic E-state index is -0.468. The van der Waals surface area contributed by atoms with Crippen LogP contribution in [-0.4, -0.2) is 13.3 Å². The SMILES string of the molecule is CCCCn1snc(-c2ccc([N+](=O)[O-])cc2)c1=O. The Bertz CT molecular complexity index is 630. The van der Waals surface area contributed by atoms with Crippen molar-refractivity contribution >= 4 is 17.4 Å². The van der Waals surface area contributed by atoms with Gasteiger partial charge < -0.3 is 0 Å². The van der Waals surface area contributed by atoms with Crippen LogP contribution >= 0.6 is 11.7 Å². The van der Waals surface area contributed by atoms with Crippen molar-refractivity contribution in [3.63, 3.8) is 0 Å². The van der Waals surface area contributed by atoms with Gasteiger partial charge in [-0.25, -0.2) is 3.96 Å². The van der Waals surface area contributed by atoms with Gasteiger partial charge in [0.05, 0.1) is 4.92 Å². The quantitative estimate of drug-likeness (QED) is 0.622. The number of nitro benzene ring substituents is 1. The summed E-state index contributed by atoms with van der Waals surface area (Å²) in [5.74, 6) is 0. The lowest BCUT2D eigenvalue weighted by molar-refractivity contribution is -0.384. The van der Waals surface area contributed by atoms with Crippen LogP contribution in [0.5, 0.6) is 0 Å². The summed E-state index contributed by atoms with van der Waals surface area (Å²) in [4.78, 5) is 22.2. The molecule has 2 rings (SSSR count). The third-order valence-corrected chi connectivity index (χ3v) is 3.54. The molecule has 1 aromatic carbocycles. The van der Waals surface area contributed by atoms with E-state index in [4.69, 9.17) is 0 Å². The number of hydrogen-bond donors (Lipinski definition) is 0. The van der Waals surface area contributed by atoms with Gasteiger partial charge in [-0.15, -0.1) is 0 Å². The Labute approximate surface area is 113 Å². The molecule has 1 aromatic heterocycles. The van der Waals surface area contributed by atoms with Crippen molar-refractivity contribution in [2.75, 3.05) is 0 Å². The van der Waals surface area contributed by atoms with Crippen LogP contribution in [-0.2, 0) is 6.54 Å². The lowest BCUT2D eigenvalue weighted by Crippen LogP contribution is -2.14. The highest BCUT2D eigenvalue weighted by molar-refractivity contribution is 7.00. The summed E-state index contributed by atoms with van der Waals surface area (Å²) in [5, 5.41) is 10.6. The molecule has 0 fully saturated rings. The van der Waals surface area contributed by atoms with Gasteiger partial charge in [0.25, 0.3) is 11.2 Å². The van der Waals surface area contributed by atoms with Crippen LogP contribution in [0.3, 0.4) is 0 Å². The van der Waals surface area contributed by atoms with E-state index < -0.39 is 4.92 Å². The summed E-state index contributed by atoms with van der Waals surface area (Å²) in [6.07, 6.45) is 1.94. The molecule has 0 aliphatic heterocycles. The van der Waals surface area contributed by atoms with Crippen LogP contribution in [0.1, 0.15) is 19.8 Å². The highest BCUT2D eigenvalue weighted by Gasteiger charge is 2.12. The predicted octanol–water partition coefficient (Wildman–Crippen LogP) is 2.68. The summed E-state index contributed by atoms with van der Waals surface area (Å²) < 4.78 is 5.75. The summed E-state index contributed by atoms with van der Waals surface area (Å²) >= 11 is 1.14. The van der Waals surface area contributed by atoms with Gasteiger partial charge in [-0.1, -0.05) is 13.3 Å². The van der Waals surface area contributed by atoms with Crippen LogP contribution in [0.2, 0.25) is 0 Å². The maximum absolute atomic E-state index is 12.1. The molecule has 0 unspecified atom stereocenters. The number of aromatic nitrogens is 2. The summed E-state index contributed by atoms with van der Waals surface area (Å²) in [5.41, 5.74) is 0.843. The number of nitro groups is 1. The van der Waals surface area contributed by atoms with E-state index in [-0.39, 0.29) is 11.2 Å². The van der Waals surface area contributed by atoms with Gasteiger partial charge >= 0.3 is 0 Å². The number of benzene rings is 1. The lowest BCUT2D eigenvalue weighted by Gasteiger charge is -1.96. The molecule has 19 heavy (non-hydrogen) atoms. The van der Waals surface area contributed by atoms with E-state index in [0.717, 1.165) is 24.6 Å². The minimum Gasteiger partial charge on any atom is -0.266 e. The second kappa shape index (κ2) is 5.75. The Hall–Kier alpha value is -2.02. The highest BCUT2D eigenvalue weighted by Crippen LogP contribution is 2.19. The first-order chi connectivity index (χ1) is 9.13. The van der Waals surface area contributed by atoms with E-state index in [9.17, 15) is 14.9 Å². The first-order valence-electron chi connectivity index (χ1n) is 5.95. The van der Waals surface area contributed by atoms with Crippen molar-refractivity contribution in [2.24, 2.45) is 0 Å². The Morgan fingerprint density at radius 2 is 2.05 bits per heavy atom. The van der Waals surface area contributed by atoms with Crippen molar-refractivity contribution in [1.29, 1.82) is 0 Å². The number of nitrogens with zero attached hydrogens (tertiary/aromatic N) is 3. The maximum atomic E-state index is 12.1. The third-order valence-electron chi connectivity index (χ3n) is 2.73. The second-order valence-corrected chi connectivity index (χ2v) is 4.87. The Morgan fingerprint density at radius 1 is 1.37 bits per heavy atom. The van der Waals surface area contributed by atoms with Gasteiger partial charge in [0.15, 0.2) is 5.69 Å². The smallest absolute Gasteiger partial charge is 0.266 e. The molecule has 6 nitrogen and oxygen atoms in total. The highest BCUT2D eigenvalue weighted by atomic mass is 32.1. The van der Waals surface area contributed by atoms with Gasteiger partial charge in [0.2, 0.25) is 0 Å². The first-order valence-corrected chi connectivity index (χ1v) is 6.68. The topological polar surface area (TPSA) is 78.0 Å². The fraction of sp³-hybridized carbons (Fsp3) is 0.333. The molecule has 0 aliphatic carbocycles. The molecular weight excluding hydrogens is 266 g/mol. The molecule has 100 valence electrons. The Kier molecular flexibility index (Phi) is 4.06. The molecule has 0 atom stereocenters. The van der Waals surface area contributed by atoms with Gasteiger partial charge in [0, 0.05) is 36.0 Å². The molecule has 0 spiro atoms. The molecule has 1 heterocycles. The maximum Gasteiger partial charge on any atom is 0.288 e. The molecule has 0 bridgehead atoms. The molecule has 0 radical (unpaired) electrons. The molecule has 2 aromatic rings. The van der Waals surface area contributed by atoms with E-state index in [1.807, 2.05) is 0 Å². The van der Waals surface area contributed by atoms with Crippen molar-refractivity contribution < 1.29 is 4.92 Å². The molecule has 0 aliphatic rings. The zero-order valence-electron chi connectivity index (χ0n) is 10.4. The van der Waals surface area contributed by atoms with Crippen LogP contribution in [0.25, 0.3) is 11.3 Å². The first kappa shape index (κ1) is 13.4. The van der Waals surface area contributed by atoms with Crippen molar-refractivity contribution in [2.45, 2.75) is 26.3 Å². The summed E-state index contributed by atoms with van der Waals surface area (Å²) in [6, 6.07) is 5.87. The Morgan fingerprint density at radius 3 is 2.63 bits per heavy atom. The minimum absolute atomic E-state index is 0.00490. The standard InChI is InChI=1S/C12H13N3O3S/c1-2-3-8-14-12(16)11(13-19-14)9-4-6-10(7-5-9)15(17)18/h4-7H,2-3,8H2,1H3. The largest absolute Gasteiger partial charge is 0.288 e. The fourth-order valence-electron chi connectivity index (χ4n) is 1.65. The van der Waals surface area contributed by atoms with Crippen molar-refractivity contribution in [1.82, 2.24) is 8.33 Å². The number of unbranched alkanes of at least 4 members (excludes halogenated alkanes) is 1. The van der Waals surface area contributed by atoms with Gasteiger partial charge in [-0.2, -0.15) is 4.37 Å². The van der Waals surface area contributed by atoms with E-state index >= 15 is 0 Å². The predicted molar refractivity (Wildman–Crippen MR) is 73.4 cm³/mol. The van der Waals surface area contributed by atoms with E-state index in [0.29, 0.717) is 17.8 Å². The van der Waals surface area contributed by atoms with Crippen LogP contribution in [0, 0.1) is 10.1 Å². The average Bonchev–Trinajstić information content (AvgIpc) is 2.78. The van der Waals surface area contributed by atoms with Crippen molar-refractivity contribution in [3.8, 4) is 11.3 Å². The lowest BCUT2D eigenvalue weighted by atomic mass is 10.1. The average molecular weight is 279 g/mol. The zero-order chi connectivity index (χ0) is 13.8. The van der Waals surface area contributed by atoms with E-state index in [1.165, 1.54) is 12.1 Å². The number of non-ortho nitro benzene ring substituents is 1. The van der Waals surface area contributed by atoms with Crippen LogP contribution in [0.4, 0.5) is 5.69 Å². The second-order valence-electron chi connectivity index (χ2n) is 4.09. The fourth-order valence-corrected chi connectivity index (χ4v) is 2.38. The molecule has 7 heteroatoms. The van der Waals surface area contributed by atoms with Crippen LogP contribution in [0.15, 0.2) is 29.1 Å². The molecule has 0 amide bonds. The number of hydrogen-bond acceptors (Lipinski definition) is 5. The molecular formula is C12H13N3O3S. The van der Waals surface area contributed by atoms with Gasteiger partial charge in [-0.3, -0.25) is 14.9 Å². The van der Waals surface area contributed by atoms with E-state index in [2.05, 4.69) is 11.3 Å². The number of aryl methyl sites for hydroxylation is 1. The third kappa shape index (κ3) is 2.87. The summed E-state index contributed by atoms with van der Waals surface area (Å²) in [6.45, 7) is 2.73. The van der Waals surface area contributed by atoms with Gasteiger partial charge in [-0.05, 0) is 18.6 Å². The molecule has 0 saturated carbocycles. The van der Waals surface area contributed by atoms with E-state index in [1.54, 1.807) is 16.1 Å². The van der Waals surface area contributed by atoms with Crippen LogP contribution < -0.4 is 5.56 Å². The Balaban J connectivity index is 2.29. The molecule has 0 N–H and O–H groups in total. The van der Waals surface area contributed by atoms with Crippen molar-refractivity contribution in [3.05, 3.63) is 44.7 Å². The monoisotopic (exact) mass is 279 g/mol. The zero-order valence-corrected chi connectivity index (χ0v) is 11.2. The normalized spacial score (nSPS) is 10.6.